The third-order valence-corrected chi connectivity index (χ3v) is 4.67. The number of rotatable bonds is 4. The molecule has 29 heavy (non-hydrogen) atoms. The van der Waals surface area contributed by atoms with E-state index in [0.29, 0.717) is 27.8 Å². The van der Waals surface area contributed by atoms with Crippen LogP contribution >= 0.6 is 11.6 Å². The molecule has 0 spiro atoms. The molecular formula is C22H15ClN2O4. The first-order chi connectivity index (χ1) is 13.9. The predicted molar refractivity (Wildman–Crippen MR) is 110 cm³/mol. The Balaban J connectivity index is 1.58. The Labute approximate surface area is 171 Å². The van der Waals surface area contributed by atoms with E-state index in [4.69, 9.17) is 16.0 Å². The number of benzene rings is 2. The molecule has 1 saturated heterocycles. The summed E-state index contributed by atoms with van der Waals surface area (Å²) >= 11 is 5.95. The SMILES string of the molecule is CC(=O)c1ccc(-c2ccc(/C=C3/NC(=O)N(c4cccc(Cl)c4)C3=O)o2)cc1. The number of hydrogen-bond acceptors (Lipinski definition) is 4. The molecule has 2 aromatic carbocycles. The van der Waals surface area contributed by atoms with Crippen molar-refractivity contribution in [3.05, 3.63) is 82.7 Å². The van der Waals surface area contributed by atoms with Crippen LogP contribution in [0.5, 0.6) is 0 Å². The van der Waals surface area contributed by atoms with Gasteiger partial charge in [0.15, 0.2) is 5.78 Å². The molecule has 1 aliphatic rings. The molecule has 0 unspecified atom stereocenters. The van der Waals surface area contributed by atoms with Crippen LogP contribution in [-0.2, 0) is 4.79 Å². The molecule has 1 aromatic heterocycles. The van der Waals surface area contributed by atoms with Crippen molar-refractivity contribution in [3.8, 4) is 11.3 Å². The lowest BCUT2D eigenvalue weighted by atomic mass is 10.1. The van der Waals surface area contributed by atoms with E-state index in [1.807, 2.05) is 0 Å². The summed E-state index contributed by atoms with van der Waals surface area (Å²) in [4.78, 5) is 37.3. The molecule has 0 saturated carbocycles. The molecule has 1 aliphatic heterocycles. The summed E-state index contributed by atoms with van der Waals surface area (Å²) in [5.74, 6) is 0.477. The van der Waals surface area contributed by atoms with Crippen LogP contribution in [-0.4, -0.2) is 17.7 Å². The number of nitrogens with zero attached hydrogens (tertiary/aromatic N) is 1. The third kappa shape index (κ3) is 3.70. The number of furan rings is 1. The topological polar surface area (TPSA) is 79.6 Å². The summed E-state index contributed by atoms with van der Waals surface area (Å²) in [5, 5.41) is 2.97. The lowest BCUT2D eigenvalue weighted by Gasteiger charge is -2.11. The molecule has 7 heteroatoms. The Hall–Kier alpha value is -3.64. The first-order valence-electron chi connectivity index (χ1n) is 8.76. The lowest BCUT2D eigenvalue weighted by molar-refractivity contribution is -0.113. The molecule has 1 N–H and O–H groups in total. The monoisotopic (exact) mass is 406 g/mol. The summed E-state index contributed by atoms with van der Waals surface area (Å²) in [6.45, 7) is 1.51. The van der Waals surface area contributed by atoms with Gasteiger partial charge in [-0.25, -0.2) is 9.69 Å². The minimum Gasteiger partial charge on any atom is -0.457 e. The predicted octanol–water partition coefficient (Wildman–Crippen LogP) is 4.90. The van der Waals surface area contributed by atoms with Gasteiger partial charge in [0.25, 0.3) is 5.91 Å². The fourth-order valence-electron chi connectivity index (χ4n) is 2.98. The maximum absolute atomic E-state index is 12.7. The van der Waals surface area contributed by atoms with Crippen molar-refractivity contribution in [3.63, 3.8) is 0 Å². The quantitative estimate of drug-likeness (QED) is 0.379. The minimum absolute atomic E-state index is 0.0128. The normalized spacial score (nSPS) is 15.1. The second-order valence-corrected chi connectivity index (χ2v) is 6.88. The van der Waals surface area contributed by atoms with Gasteiger partial charge in [-0.3, -0.25) is 9.59 Å². The maximum atomic E-state index is 12.7. The van der Waals surface area contributed by atoms with E-state index < -0.39 is 11.9 Å². The Morgan fingerprint density at radius 3 is 2.52 bits per heavy atom. The van der Waals surface area contributed by atoms with E-state index >= 15 is 0 Å². The van der Waals surface area contributed by atoms with Crippen molar-refractivity contribution in [2.45, 2.75) is 6.92 Å². The molecule has 3 aromatic rings. The maximum Gasteiger partial charge on any atom is 0.333 e. The fourth-order valence-corrected chi connectivity index (χ4v) is 3.17. The van der Waals surface area contributed by atoms with Crippen molar-refractivity contribution in [2.24, 2.45) is 0 Å². The van der Waals surface area contributed by atoms with Gasteiger partial charge in [0, 0.05) is 22.2 Å². The molecule has 144 valence electrons. The molecule has 0 aliphatic carbocycles. The van der Waals surface area contributed by atoms with Gasteiger partial charge in [-0.05, 0) is 37.3 Å². The third-order valence-electron chi connectivity index (χ3n) is 4.43. The van der Waals surface area contributed by atoms with Crippen LogP contribution < -0.4 is 10.2 Å². The molecule has 0 bridgehead atoms. The van der Waals surface area contributed by atoms with Crippen LogP contribution in [0.1, 0.15) is 23.0 Å². The molecule has 0 radical (unpaired) electrons. The molecule has 1 fully saturated rings. The highest BCUT2D eigenvalue weighted by Crippen LogP contribution is 2.27. The first-order valence-corrected chi connectivity index (χ1v) is 9.14. The highest BCUT2D eigenvalue weighted by atomic mass is 35.5. The molecule has 3 amide bonds. The van der Waals surface area contributed by atoms with E-state index in [0.717, 1.165) is 10.5 Å². The minimum atomic E-state index is -0.560. The van der Waals surface area contributed by atoms with Crippen LogP contribution in [0, 0.1) is 0 Å². The summed E-state index contributed by atoms with van der Waals surface area (Å²) in [7, 11) is 0. The molecule has 2 heterocycles. The summed E-state index contributed by atoms with van der Waals surface area (Å²) in [6, 6.07) is 16.4. The van der Waals surface area contributed by atoms with E-state index in [1.165, 1.54) is 19.1 Å². The van der Waals surface area contributed by atoms with E-state index in [-0.39, 0.29) is 11.5 Å². The Morgan fingerprint density at radius 1 is 1.07 bits per heavy atom. The average Bonchev–Trinajstić information content (AvgIpc) is 3.26. The van der Waals surface area contributed by atoms with Gasteiger partial charge in [0.2, 0.25) is 0 Å². The Morgan fingerprint density at radius 2 is 1.83 bits per heavy atom. The zero-order chi connectivity index (χ0) is 20.5. The van der Waals surface area contributed by atoms with Gasteiger partial charge < -0.3 is 9.73 Å². The second-order valence-electron chi connectivity index (χ2n) is 6.44. The first kappa shape index (κ1) is 18.7. The van der Waals surface area contributed by atoms with Crippen LogP contribution in [0.2, 0.25) is 5.02 Å². The Bertz CT molecular complexity index is 1160. The second kappa shape index (κ2) is 7.41. The smallest absolute Gasteiger partial charge is 0.333 e. The van der Waals surface area contributed by atoms with Crippen LogP contribution in [0.25, 0.3) is 17.4 Å². The van der Waals surface area contributed by atoms with Crippen LogP contribution in [0.4, 0.5) is 10.5 Å². The van der Waals surface area contributed by atoms with Gasteiger partial charge >= 0.3 is 6.03 Å². The van der Waals surface area contributed by atoms with Crippen LogP contribution in [0.15, 0.2) is 70.8 Å². The average molecular weight is 407 g/mol. The number of ketones is 1. The number of urea groups is 1. The van der Waals surface area contributed by atoms with Crippen molar-refractivity contribution >= 4 is 41.1 Å². The van der Waals surface area contributed by atoms with Crippen LogP contribution in [0.3, 0.4) is 0 Å². The van der Waals surface area contributed by atoms with Gasteiger partial charge in [-0.15, -0.1) is 0 Å². The summed E-state index contributed by atoms with van der Waals surface area (Å²) in [6.07, 6.45) is 1.47. The van der Waals surface area contributed by atoms with Crippen molar-refractivity contribution in [2.75, 3.05) is 4.90 Å². The standard InChI is InChI=1S/C22H15ClN2O4/c1-13(26)14-5-7-15(8-6-14)20-10-9-18(29-20)12-19-21(27)25(22(28)24-19)17-4-2-3-16(23)11-17/h2-12H,1H3,(H,24,28)/b19-12+. The number of carbonyl (C=O) groups is 3. The fraction of sp³-hybridized carbons (Fsp3) is 0.0455. The van der Waals surface area contributed by atoms with E-state index in [9.17, 15) is 14.4 Å². The number of Topliss-reactive ketones (excluding diaryl/α,β-unsaturated/α-hetero) is 1. The summed E-state index contributed by atoms with van der Waals surface area (Å²) < 4.78 is 5.77. The zero-order valence-electron chi connectivity index (χ0n) is 15.3. The molecular weight excluding hydrogens is 392 g/mol. The van der Waals surface area contributed by atoms with Gasteiger partial charge in [0.1, 0.15) is 17.2 Å². The summed E-state index contributed by atoms with van der Waals surface area (Å²) in [5.41, 5.74) is 1.89. The number of carbonyl (C=O) groups excluding carboxylic acids is 3. The zero-order valence-corrected chi connectivity index (χ0v) is 16.1. The lowest BCUT2D eigenvalue weighted by Crippen LogP contribution is -2.30. The number of hydrogen-bond donors (Lipinski definition) is 1. The van der Waals surface area contributed by atoms with Gasteiger partial charge in [-0.1, -0.05) is 41.9 Å². The highest BCUT2D eigenvalue weighted by molar-refractivity contribution is 6.32. The van der Waals surface area contributed by atoms with Crippen molar-refractivity contribution < 1.29 is 18.8 Å². The highest BCUT2D eigenvalue weighted by Gasteiger charge is 2.35. The molecule has 4 rings (SSSR count). The molecule has 6 nitrogen and oxygen atoms in total. The van der Waals surface area contributed by atoms with E-state index in [1.54, 1.807) is 54.6 Å². The number of amides is 3. The number of halogens is 1. The number of anilines is 1. The Kier molecular flexibility index (Phi) is 4.78. The van der Waals surface area contributed by atoms with Crippen molar-refractivity contribution in [1.29, 1.82) is 0 Å². The van der Waals surface area contributed by atoms with Crippen molar-refractivity contribution in [1.82, 2.24) is 5.32 Å². The van der Waals surface area contributed by atoms with Gasteiger partial charge in [-0.2, -0.15) is 0 Å². The number of nitrogens with one attached hydrogen (secondary N) is 1. The number of imide groups is 1. The molecule has 0 atom stereocenters. The van der Waals surface area contributed by atoms with E-state index in [2.05, 4.69) is 5.32 Å². The van der Waals surface area contributed by atoms with Gasteiger partial charge in [0.05, 0.1) is 5.69 Å². The largest absolute Gasteiger partial charge is 0.457 e.